The highest BCUT2D eigenvalue weighted by molar-refractivity contribution is 7.22. The molecule has 0 unspecified atom stereocenters. The summed E-state index contributed by atoms with van der Waals surface area (Å²) in [5.41, 5.74) is 6.67. The Morgan fingerprint density at radius 1 is 1.24 bits per heavy atom. The molecule has 0 bridgehead atoms. The normalized spacial score (nSPS) is 10.8. The third-order valence-electron chi connectivity index (χ3n) is 2.75. The molecule has 0 atom stereocenters. The predicted octanol–water partition coefficient (Wildman–Crippen LogP) is 2.65. The summed E-state index contributed by atoms with van der Waals surface area (Å²) in [4.78, 5) is 23.0. The summed E-state index contributed by atoms with van der Waals surface area (Å²) in [5.74, 6) is -0.0422. The number of nitrogen functional groups attached to an aromatic ring is 1. The van der Waals surface area contributed by atoms with Crippen LogP contribution < -0.4 is 16.0 Å². The highest BCUT2D eigenvalue weighted by Gasteiger charge is 2.18. The zero-order valence-corrected chi connectivity index (χ0v) is 13.1. The van der Waals surface area contributed by atoms with Crippen molar-refractivity contribution < 1.29 is 4.79 Å². The molecule has 2 aromatic heterocycles. The molecule has 0 saturated carbocycles. The maximum atomic E-state index is 12.3. The Bertz CT molecular complexity index is 775. The Balaban J connectivity index is 1.85. The van der Waals surface area contributed by atoms with Gasteiger partial charge in [0.05, 0.1) is 10.2 Å². The molecule has 6 nitrogen and oxygen atoms in total. The summed E-state index contributed by atoms with van der Waals surface area (Å²) in [6, 6.07) is 7.73. The summed E-state index contributed by atoms with van der Waals surface area (Å²) in [7, 11) is 3.71. The maximum Gasteiger partial charge on any atom is 0.271 e. The van der Waals surface area contributed by atoms with Crippen LogP contribution in [-0.4, -0.2) is 30.0 Å². The minimum atomic E-state index is -0.280. The van der Waals surface area contributed by atoms with E-state index in [0.29, 0.717) is 15.1 Å². The molecule has 0 aliphatic carbocycles. The molecule has 0 aliphatic rings. The highest BCUT2D eigenvalue weighted by atomic mass is 32.1. The van der Waals surface area contributed by atoms with Crippen LogP contribution in [0.3, 0.4) is 0 Å². The molecule has 0 aliphatic heterocycles. The molecular formula is C13H13N5OS2. The van der Waals surface area contributed by atoms with Crippen molar-refractivity contribution >= 4 is 54.9 Å². The molecule has 21 heavy (non-hydrogen) atoms. The molecular weight excluding hydrogens is 306 g/mol. The Morgan fingerprint density at radius 3 is 2.67 bits per heavy atom. The zero-order valence-electron chi connectivity index (χ0n) is 11.5. The number of fused-ring (bicyclic) bond motifs is 1. The zero-order chi connectivity index (χ0) is 15.0. The van der Waals surface area contributed by atoms with Crippen LogP contribution in [0.5, 0.6) is 0 Å². The van der Waals surface area contributed by atoms with Gasteiger partial charge in [-0.1, -0.05) is 34.8 Å². The third kappa shape index (κ3) is 2.67. The first-order valence-corrected chi connectivity index (χ1v) is 7.78. The number of carbonyl (C=O) groups is 1. The van der Waals surface area contributed by atoms with Crippen LogP contribution in [0.1, 0.15) is 9.67 Å². The molecule has 2 heterocycles. The fourth-order valence-electron chi connectivity index (χ4n) is 1.75. The Kier molecular flexibility index (Phi) is 3.48. The topological polar surface area (TPSA) is 84.1 Å². The maximum absolute atomic E-state index is 12.3. The SMILES string of the molecule is CN(C)c1nc(N)c(C(=O)Nc2nc3ccccc3s2)s1. The van der Waals surface area contributed by atoms with Crippen molar-refractivity contribution in [2.45, 2.75) is 0 Å². The first kappa shape index (κ1) is 13.8. The summed E-state index contributed by atoms with van der Waals surface area (Å²) < 4.78 is 1.03. The van der Waals surface area contributed by atoms with Gasteiger partial charge in [-0.3, -0.25) is 10.1 Å². The lowest BCUT2D eigenvalue weighted by molar-refractivity contribution is 0.103. The minimum Gasteiger partial charge on any atom is -0.382 e. The van der Waals surface area contributed by atoms with E-state index in [-0.39, 0.29) is 11.7 Å². The molecule has 0 fully saturated rings. The van der Waals surface area contributed by atoms with Crippen molar-refractivity contribution in [3.63, 3.8) is 0 Å². The third-order valence-corrected chi connectivity index (χ3v) is 4.93. The van der Waals surface area contributed by atoms with Crippen LogP contribution >= 0.6 is 22.7 Å². The number of benzene rings is 1. The van der Waals surface area contributed by atoms with Crippen LogP contribution in [0.15, 0.2) is 24.3 Å². The molecule has 0 spiro atoms. The number of nitrogens with two attached hydrogens (primary N) is 1. The molecule has 8 heteroatoms. The summed E-state index contributed by atoms with van der Waals surface area (Å²) in [5, 5.41) is 4.03. The van der Waals surface area contributed by atoms with Crippen LogP contribution in [0.25, 0.3) is 10.2 Å². The lowest BCUT2D eigenvalue weighted by Crippen LogP contribution is -2.11. The van der Waals surface area contributed by atoms with E-state index in [4.69, 9.17) is 5.73 Å². The first-order chi connectivity index (χ1) is 10.0. The number of aromatic nitrogens is 2. The van der Waals surface area contributed by atoms with Crippen molar-refractivity contribution in [1.29, 1.82) is 0 Å². The summed E-state index contributed by atoms with van der Waals surface area (Å²) in [6.07, 6.45) is 0. The van der Waals surface area contributed by atoms with Crippen molar-refractivity contribution in [3.8, 4) is 0 Å². The fraction of sp³-hybridized carbons (Fsp3) is 0.154. The van der Waals surface area contributed by atoms with E-state index in [1.165, 1.54) is 22.7 Å². The van der Waals surface area contributed by atoms with Crippen LogP contribution in [0.2, 0.25) is 0 Å². The van der Waals surface area contributed by atoms with Gasteiger partial charge in [-0.15, -0.1) is 0 Å². The van der Waals surface area contributed by atoms with Gasteiger partial charge >= 0.3 is 0 Å². The second-order valence-electron chi connectivity index (χ2n) is 4.55. The van der Waals surface area contributed by atoms with Crippen molar-refractivity contribution in [2.75, 3.05) is 30.0 Å². The first-order valence-electron chi connectivity index (χ1n) is 6.15. The number of thiazole rings is 2. The summed E-state index contributed by atoms with van der Waals surface area (Å²) in [6.45, 7) is 0. The van der Waals surface area contributed by atoms with Gasteiger partial charge in [0.15, 0.2) is 10.3 Å². The molecule has 1 aromatic carbocycles. The molecule has 108 valence electrons. The van der Waals surface area contributed by atoms with Gasteiger partial charge in [-0.25, -0.2) is 9.97 Å². The van der Waals surface area contributed by atoms with Crippen LogP contribution in [-0.2, 0) is 0 Å². The Morgan fingerprint density at radius 2 is 2.00 bits per heavy atom. The smallest absolute Gasteiger partial charge is 0.271 e. The quantitative estimate of drug-likeness (QED) is 0.775. The summed E-state index contributed by atoms with van der Waals surface area (Å²) >= 11 is 2.69. The Hall–Kier alpha value is -2.19. The van der Waals surface area contributed by atoms with E-state index < -0.39 is 0 Å². The number of rotatable bonds is 3. The largest absolute Gasteiger partial charge is 0.382 e. The molecule has 3 rings (SSSR count). The molecule has 0 saturated heterocycles. The van der Waals surface area contributed by atoms with Gasteiger partial charge in [0.1, 0.15) is 10.7 Å². The number of carbonyl (C=O) groups excluding carboxylic acids is 1. The number of hydrogen-bond acceptors (Lipinski definition) is 7. The van der Waals surface area contributed by atoms with E-state index in [1.807, 2.05) is 43.3 Å². The van der Waals surface area contributed by atoms with Crippen LogP contribution in [0.4, 0.5) is 16.1 Å². The average molecular weight is 319 g/mol. The van der Waals surface area contributed by atoms with E-state index in [9.17, 15) is 4.79 Å². The lowest BCUT2D eigenvalue weighted by Gasteiger charge is -2.04. The molecule has 3 aromatic rings. The second-order valence-corrected chi connectivity index (χ2v) is 6.55. The number of para-hydroxylation sites is 1. The number of nitrogens with one attached hydrogen (secondary N) is 1. The van der Waals surface area contributed by atoms with E-state index >= 15 is 0 Å². The number of amides is 1. The van der Waals surface area contributed by atoms with Gasteiger partial charge < -0.3 is 10.6 Å². The van der Waals surface area contributed by atoms with Crippen LogP contribution in [0, 0.1) is 0 Å². The van der Waals surface area contributed by atoms with Gasteiger partial charge in [-0.05, 0) is 12.1 Å². The Labute approximate surface area is 129 Å². The van der Waals surface area contributed by atoms with Gasteiger partial charge in [0, 0.05) is 14.1 Å². The molecule has 0 radical (unpaired) electrons. The molecule has 1 amide bonds. The van der Waals surface area contributed by atoms with E-state index in [0.717, 1.165) is 10.2 Å². The highest BCUT2D eigenvalue weighted by Crippen LogP contribution is 2.29. The monoisotopic (exact) mass is 319 g/mol. The molecule has 3 N–H and O–H groups in total. The van der Waals surface area contributed by atoms with Crippen molar-refractivity contribution in [3.05, 3.63) is 29.1 Å². The van der Waals surface area contributed by atoms with Gasteiger partial charge in [0.25, 0.3) is 5.91 Å². The van der Waals surface area contributed by atoms with Gasteiger partial charge in [-0.2, -0.15) is 0 Å². The van der Waals surface area contributed by atoms with Crippen molar-refractivity contribution in [2.24, 2.45) is 0 Å². The second kappa shape index (κ2) is 5.30. The van der Waals surface area contributed by atoms with E-state index in [1.54, 1.807) is 0 Å². The van der Waals surface area contributed by atoms with E-state index in [2.05, 4.69) is 15.3 Å². The van der Waals surface area contributed by atoms with Crippen molar-refractivity contribution in [1.82, 2.24) is 9.97 Å². The van der Waals surface area contributed by atoms with Gasteiger partial charge in [0.2, 0.25) is 0 Å². The average Bonchev–Trinajstić information content (AvgIpc) is 3.01. The standard InChI is InChI=1S/C13H13N5OS2/c1-18(2)13-16-10(14)9(21-13)11(19)17-12-15-7-5-3-4-6-8(7)20-12/h3-6H,14H2,1-2H3,(H,15,17,19). The predicted molar refractivity (Wildman–Crippen MR) is 88.4 cm³/mol. The lowest BCUT2D eigenvalue weighted by atomic mass is 10.3. The number of hydrogen-bond donors (Lipinski definition) is 2. The fourth-order valence-corrected chi connectivity index (χ4v) is 3.42. The number of anilines is 3. The minimum absolute atomic E-state index is 0.238. The number of nitrogens with zero attached hydrogens (tertiary/aromatic N) is 3.